The molecule has 9 nitrogen and oxygen atoms in total. The zero-order valence-corrected chi connectivity index (χ0v) is 15.7. The maximum absolute atomic E-state index is 12.3. The number of nitrogens with zero attached hydrogens (tertiary/aromatic N) is 1. The number of nitrogens with two attached hydrogens (primary N) is 1. The number of carbonyl (C=O) groups is 2. The van der Waals surface area contributed by atoms with Gasteiger partial charge in [0.15, 0.2) is 11.5 Å². The van der Waals surface area contributed by atoms with Crippen LogP contribution in [0.5, 0.6) is 11.5 Å². The van der Waals surface area contributed by atoms with Crippen molar-refractivity contribution in [2.75, 3.05) is 13.8 Å². The molecule has 0 spiro atoms. The Kier molecular flexibility index (Phi) is 5.65. The van der Waals surface area contributed by atoms with E-state index in [2.05, 4.69) is 10.3 Å². The molecule has 1 atom stereocenters. The molecule has 0 fully saturated rings. The molecule has 0 saturated carbocycles. The first-order chi connectivity index (χ1) is 13.3. The van der Waals surface area contributed by atoms with E-state index in [1.165, 1.54) is 6.07 Å². The zero-order chi connectivity index (χ0) is 20.3. The first-order valence-corrected chi connectivity index (χ1v) is 8.73. The minimum atomic E-state index is -0.499. The number of aromatic amines is 1. The average Bonchev–Trinajstić information content (AvgIpc) is 3.13. The largest absolute Gasteiger partial charge is 0.454 e. The van der Waals surface area contributed by atoms with E-state index in [1.807, 2.05) is 6.07 Å². The molecular formula is C19H22N4O5. The van der Waals surface area contributed by atoms with Crippen LogP contribution in [0.3, 0.4) is 0 Å². The minimum Gasteiger partial charge on any atom is -0.454 e. The van der Waals surface area contributed by atoms with Gasteiger partial charge in [0.05, 0.1) is 6.04 Å². The Labute approximate surface area is 161 Å². The summed E-state index contributed by atoms with van der Waals surface area (Å²) in [5, 5.41) is 2.71. The van der Waals surface area contributed by atoms with E-state index in [1.54, 1.807) is 37.1 Å². The smallest absolute Gasteiger partial charge is 0.261 e. The average molecular weight is 386 g/mol. The molecule has 9 heteroatoms. The molecule has 1 aliphatic heterocycles. The van der Waals surface area contributed by atoms with E-state index >= 15 is 0 Å². The fourth-order valence-corrected chi connectivity index (χ4v) is 2.74. The summed E-state index contributed by atoms with van der Waals surface area (Å²) in [6, 6.07) is 8.00. The number of ether oxygens (including phenoxy) is 2. The number of likely N-dealkylation sites (N-methyl/N-ethyl adjacent to an activating group) is 1. The molecule has 1 aromatic carbocycles. The number of pyridine rings is 1. The van der Waals surface area contributed by atoms with Crippen LogP contribution in [-0.4, -0.2) is 41.6 Å². The van der Waals surface area contributed by atoms with Crippen LogP contribution in [0, 0.1) is 0 Å². The summed E-state index contributed by atoms with van der Waals surface area (Å²) >= 11 is 0. The molecule has 0 radical (unpaired) electrons. The number of aromatic nitrogens is 1. The summed E-state index contributed by atoms with van der Waals surface area (Å²) < 4.78 is 10.5. The van der Waals surface area contributed by atoms with Crippen LogP contribution >= 0.6 is 0 Å². The Morgan fingerprint density at radius 1 is 1.25 bits per heavy atom. The number of nitrogens with one attached hydrogen (secondary N) is 2. The van der Waals surface area contributed by atoms with Gasteiger partial charge < -0.3 is 25.5 Å². The van der Waals surface area contributed by atoms with Crippen molar-refractivity contribution in [2.45, 2.75) is 26.1 Å². The molecular weight excluding hydrogens is 364 g/mol. The quantitative estimate of drug-likeness (QED) is 0.630. The van der Waals surface area contributed by atoms with Gasteiger partial charge in [0.2, 0.25) is 12.7 Å². The van der Waals surface area contributed by atoms with Crippen LogP contribution < -0.4 is 26.1 Å². The standard InChI is InChI=1S/C19H22N4O5/c1-11(17(20)24)23(2)9-13-4-5-14(19(26)22-13)18(25)21-8-12-3-6-15-16(7-12)28-10-27-15/h3-7,11H,8-10H2,1-2H3,(H2,20,24)(H,21,25)(H,22,26). The van der Waals surface area contributed by atoms with Gasteiger partial charge in [-0.1, -0.05) is 6.07 Å². The van der Waals surface area contributed by atoms with E-state index in [0.717, 1.165) is 5.56 Å². The van der Waals surface area contributed by atoms with Crippen molar-refractivity contribution in [3.8, 4) is 11.5 Å². The molecule has 0 aliphatic carbocycles. The maximum atomic E-state index is 12.3. The number of amides is 2. The monoisotopic (exact) mass is 386 g/mol. The van der Waals surface area contributed by atoms with Crippen molar-refractivity contribution in [3.63, 3.8) is 0 Å². The lowest BCUT2D eigenvalue weighted by atomic mass is 10.2. The summed E-state index contributed by atoms with van der Waals surface area (Å²) in [6.07, 6.45) is 0. The number of hydrogen-bond acceptors (Lipinski definition) is 6. The molecule has 2 heterocycles. The molecule has 1 unspecified atom stereocenters. The van der Waals surface area contributed by atoms with Gasteiger partial charge in [0, 0.05) is 18.8 Å². The normalized spacial score (nSPS) is 13.4. The van der Waals surface area contributed by atoms with Crippen LogP contribution in [0.1, 0.15) is 28.5 Å². The van der Waals surface area contributed by atoms with E-state index in [-0.39, 0.29) is 18.9 Å². The Bertz CT molecular complexity index is 956. The highest BCUT2D eigenvalue weighted by atomic mass is 16.7. The second-order valence-corrected chi connectivity index (χ2v) is 6.59. The van der Waals surface area contributed by atoms with Crippen molar-refractivity contribution in [3.05, 3.63) is 57.5 Å². The number of rotatable bonds is 7. The third-order valence-corrected chi connectivity index (χ3v) is 4.60. The number of H-pyrrole nitrogens is 1. The molecule has 148 valence electrons. The van der Waals surface area contributed by atoms with Gasteiger partial charge in [-0.15, -0.1) is 0 Å². The molecule has 2 aromatic rings. The number of carbonyl (C=O) groups excluding carboxylic acids is 2. The molecule has 0 saturated heterocycles. The molecule has 1 aliphatic rings. The molecule has 4 N–H and O–H groups in total. The summed E-state index contributed by atoms with van der Waals surface area (Å²) in [5.41, 5.74) is 6.19. The molecule has 2 amide bonds. The third kappa shape index (κ3) is 4.32. The van der Waals surface area contributed by atoms with Crippen LogP contribution in [-0.2, 0) is 17.9 Å². The molecule has 1 aromatic heterocycles. The maximum Gasteiger partial charge on any atom is 0.261 e. The topological polar surface area (TPSA) is 127 Å². The predicted octanol–water partition coefficient (Wildman–Crippen LogP) is 0.339. The zero-order valence-electron chi connectivity index (χ0n) is 15.7. The third-order valence-electron chi connectivity index (χ3n) is 4.60. The Hall–Kier alpha value is -3.33. The van der Waals surface area contributed by atoms with Gasteiger partial charge in [-0.05, 0) is 43.8 Å². The van der Waals surface area contributed by atoms with E-state index in [4.69, 9.17) is 15.2 Å². The molecule has 0 bridgehead atoms. The number of fused-ring (bicyclic) bond motifs is 1. The van der Waals surface area contributed by atoms with Gasteiger partial charge in [-0.3, -0.25) is 19.3 Å². The summed E-state index contributed by atoms with van der Waals surface area (Å²) in [7, 11) is 1.72. The summed E-state index contributed by atoms with van der Waals surface area (Å²) in [4.78, 5) is 40.2. The van der Waals surface area contributed by atoms with Crippen molar-refractivity contribution in [1.82, 2.24) is 15.2 Å². The van der Waals surface area contributed by atoms with Gasteiger partial charge in [0.25, 0.3) is 11.5 Å². The summed E-state index contributed by atoms with van der Waals surface area (Å²) in [5.74, 6) is 0.356. The lowest BCUT2D eigenvalue weighted by molar-refractivity contribution is -0.122. The van der Waals surface area contributed by atoms with Crippen molar-refractivity contribution < 1.29 is 19.1 Å². The second-order valence-electron chi connectivity index (χ2n) is 6.59. The van der Waals surface area contributed by atoms with Crippen LogP contribution in [0.4, 0.5) is 0 Å². The number of hydrogen-bond donors (Lipinski definition) is 3. The minimum absolute atomic E-state index is 0.00935. The van der Waals surface area contributed by atoms with Crippen molar-refractivity contribution in [1.29, 1.82) is 0 Å². The van der Waals surface area contributed by atoms with Crippen molar-refractivity contribution >= 4 is 11.8 Å². The van der Waals surface area contributed by atoms with Gasteiger partial charge >= 0.3 is 0 Å². The van der Waals surface area contributed by atoms with Crippen LogP contribution in [0.15, 0.2) is 35.1 Å². The van der Waals surface area contributed by atoms with Crippen LogP contribution in [0.2, 0.25) is 0 Å². The lowest BCUT2D eigenvalue weighted by Crippen LogP contribution is -2.40. The Morgan fingerprint density at radius 3 is 2.71 bits per heavy atom. The second kappa shape index (κ2) is 8.13. The van der Waals surface area contributed by atoms with Gasteiger partial charge in [-0.25, -0.2) is 0 Å². The fourth-order valence-electron chi connectivity index (χ4n) is 2.74. The highest BCUT2D eigenvalue weighted by Crippen LogP contribution is 2.32. The van der Waals surface area contributed by atoms with E-state index < -0.39 is 23.4 Å². The van der Waals surface area contributed by atoms with Crippen molar-refractivity contribution in [2.24, 2.45) is 5.73 Å². The fraction of sp³-hybridized carbons (Fsp3) is 0.316. The highest BCUT2D eigenvalue weighted by molar-refractivity contribution is 5.93. The molecule has 3 rings (SSSR count). The van der Waals surface area contributed by atoms with E-state index in [9.17, 15) is 14.4 Å². The summed E-state index contributed by atoms with van der Waals surface area (Å²) in [6.45, 7) is 2.42. The SMILES string of the molecule is CC(C(N)=O)N(C)Cc1ccc(C(=O)NCc2ccc3c(c2)OCO3)c(=O)[nH]1. The first-order valence-electron chi connectivity index (χ1n) is 8.73. The Balaban J connectivity index is 1.62. The predicted molar refractivity (Wildman–Crippen MR) is 101 cm³/mol. The van der Waals surface area contributed by atoms with E-state index in [0.29, 0.717) is 23.7 Å². The van der Waals surface area contributed by atoms with Crippen LogP contribution in [0.25, 0.3) is 0 Å². The number of primary amides is 1. The first kappa shape index (κ1) is 19.4. The highest BCUT2D eigenvalue weighted by Gasteiger charge is 2.17. The molecule has 28 heavy (non-hydrogen) atoms. The van der Waals surface area contributed by atoms with Gasteiger partial charge in [-0.2, -0.15) is 0 Å². The lowest BCUT2D eigenvalue weighted by Gasteiger charge is -2.21. The van der Waals surface area contributed by atoms with Gasteiger partial charge in [0.1, 0.15) is 5.56 Å². The Morgan fingerprint density at radius 2 is 2.00 bits per heavy atom. The number of benzene rings is 1.